The Hall–Kier alpha value is -5.64. The molecule has 0 radical (unpaired) electrons. The first kappa shape index (κ1) is 40.2. The summed E-state index contributed by atoms with van der Waals surface area (Å²) >= 11 is 1.59. The van der Waals surface area contributed by atoms with Crippen molar-refractivity contribution in [1.29, 1.82) is 0 Å². The van der Waals surface area contributed by atoms with E-state index in [0.717, 1.165) is 58.1 Å². The third-order valence-electron chi connectivity index (χ3n) is 12.3. The van der Waals surface area contributed by atoms with Crippen molar-refractivity contribution in [1.82, 2.24) is 40.4 Å². The van der Waals surface area contributed by atoms with E-state index in [1.54, 1.807) is 23.5 Å². The molecule has 6 aromatic rings. The fourth-order valence-corrected chi connectivity index (χ4v) is 8.97. The summed E-state index contributed by atoms with van der Waals surface area (Å²) in [6.07, 6.45) is -0.674. The van der Waals surface area contributed by atoms with Gasteiger partial charge in [0.15, 0.2) is 17.2 Å². The van der Waals surface area contributed by atoms with Gasteiger partial charge in [0.25, 0.3) is 0 Å². The van der Waals surface area contributed by atoms with Crippen LogP contribution < -0.4 is 10.2 Å². The number of benzene rings is 2. The predicted octanol–water partition coefficient (Wildman–Crippen LogP) is 6.04. The van der Waals surface area contributed by atoms with Crippen molar-refractivity contribution < 1.29 is 24.3 Å². The molecular weight excluding hydrogens is 767 g/mol. The fraction of sp³-hybridized carbons (Fsp3) is 0.409. The highest BCUT2D eigenvalue weighted by Gasteiger charge is 2.50. The fourth-order valence-electron chi connectivity index (χ4n) is 8.16. The molecule has 0 spiro atoms. The second-order valence-electron chi connectivity index (χ2n) is 16.5. The zero-order chi connectivity index (χ0) is 41.6. The minimum atomic E-state index is -1.14. The molecule has 8 rings (SSSR count). The molecule has 0 unspecified atom stereocenters. The number of amides is 2. The maximum absolute atomic E-state index is 14.5. The Labute approximate surface area is 347 Å². The van der Waals surface area contributed by atoms with Gasteiger partial charge in [-0.15, -0.1) is 21.5 Å². The Morgan fingerprint density at radius 1 is 1.07 bits per heavy atom. The summed E-state index contributed by atoms with van der Waals surface area (Å²) in [5, 5.41) is 38.2. The van der Waals surface area contributed by atoms with Gasteiger partial charge in [-0.2, -0.15) is 0 Å². The van der Waals surface area contributed by atoms with Crippen molar-refractivity contribution in [2.24, 2.45) is 5.92 Å². The summed E-state index contributed by atoms with van der Waals surface area (Å²) < 4.78 is 5.93. The summed E-state index contributed by atoms with van der Waals surface area (Å²) in [7, 11) is 1.96. The molecule has 2 aliphatic heterocycles. The lowest BCUT2D eigenvalue weighted by molar-refractivity contribution is -0.145. The molecule has 14 nitrogen and oxygen atoms in total. The van der Waals surface area contributed by atoms with E-state index in [2.05, 4.69) is 41.6 Å². The lowest BCUT2D eigenvalue weighted by Crippen LogP contribution is -2.54. The van der Waals surface area contributed by atoms with Crippen molar-refractivity contribution in [2.45, 2.75) is 70.6 Å². The Bertz CT molecular complexity index is 2460. The Morgan fingerprint density at radius 2 is 1.83 bits per heavy atom. The minimum absolute atomic E-state index is 0.0550. The Balaban J connectivity index is 0.874. The second kappa shape index (κ2) is 16.2. The molecule has 308 valence electrons. The van der Waals surface area contributed by atoms with Crippen LogP contribution in [0.25, 0.3) is 32.7 Å². The van der Waals surface area contributed by atoms with Crippen LogP contribution >= 0.6 is 11.3 Å². The standard InChI is InChI=1S/C44H51N9O5S/c1-25(2)44(5,43(57)53-23-32(54)19-36(53)42(56)46-26(3)28-11-13-29(14-12-28)40-27(4)45-24-59-40)38-20-39(50-58-38)51(6)15-16-52-21-31(22-52)34-17-30-18-35(48-49-41(30)47-34)33-9-7-8-10-37(33)55/h7-14,17-18,20,24-26,31-32,36,54-55H,15-16,19,21-23H2,1-6H3,(H,46,56)(H,47,49)/t26-,32+,36-,44-/m0/s1. The van der Waals surface area contributed by atoms with Crippen LogP contribution in [-0.4, -0.2) is 109 Å². The normalized spacial score (nSPS) is 18.9. The van der Waals surface area contributed by atoms with E-state index >= 15 is 0 Å². The predicted molar refractivity (Wildman–Crippen MR) is 227 cm³/mol. The van der Waals surface area contributed by atoms with Gasteiger partial charge in [-0.05, 0) is 62.1 Å². The number of nitrogens with one attached hydrogen (secondary N) is 2. The van der Waals surface area contributed by atoms with Gasteiger partial charge < -0.3 is 39.7 Å². The molecule has 0 bridgehead atoms. The van der Waals surface area contributed by atoms with Crippen molar-refractivity contribution in [3.8, 4) is 27.4 Å². The number of likely N-dealkylation sites (tertiary alicyclic amines) is 2. The molecule has 2 fully saturated rings. The number of phenolic OH excluding ortho intramolecular Hbond substituents is 1. The number of aliphatic hydroxyl groups excluding tert-OH is 1. The van der Waals surface area contributed by atoms with Gasteiger partial charge in [0, 0.05) is 74.8 Å². The molecule has 2 aromatic carbocycles. The van der Waals surface area contributed by atoms with E-state index in [1.165, 1.54) is 4.90 Å². The van der Waals surface area contributed by atoms with E-state index < -0.39 is 17.6 Å². The molecule has 4 N–H and O–H groups in total. The first-order valence-corrected chi connectivity index (χ1v) is 21.0. The SMILES string of the molecule is Cc1ncsc1-c1ccc([C@H](C)NC(=O)[C@@H]2C[C@@H](O)CN2C(=O)[C@](C)(c2cc(N(C)CCN3CC(c4cc5cc(-c6ccccc6O)nnc5[nH]4)C3)no2)C(C)C)cc1. The molecule has 2 saturated heterocycles. The average molecular weight is 818 g/mol. The van der Waals surface area contributed by atoms with E-state index in [1.807, 2.05) is 101 Å². The molecule has 2 aliphatic rings. The number of H-pyrrole nitrogens is 1. The summed E-state index contributed by atoms with van der Waals surface area (Å²) in [6, 6.07) is 19.9. The summed E-state index contributed by atoms with van der Waals surface area (Å²) in [5.74, 6) is 0.754. The topological polar surface area (TPSA) is 177 Å². The molecule has 0 aliphatic carbocycles. The number of aliphatic hydroxyl groups is 1. The number of rotatable bonds is 13. The number of hydrogen-bond acceptors (Lipinski definition) is 12. The number of aromatic hydroxyl groups is 1. The van der Waals surface area contributed by atoms with E-state index in [-0.39, 0.29) is 42.5 Å². The first-order valence-electron chi connectivity index (χ1n) is 20.2. The van der Waals surface area contributed by atoms with Crippen molar-refractivity contribution >= 4 is 40.0 Å². The van der Waals surface area contributed by atoms with Crippen LogP contribution in [-0.2, 0) is 15.0 Å². The number of nitrogens with zero attached hydrogens (tertiary/aromatic N) is 7. The van der Waals surface area contributed by atoms with Crippen LogP contribution in [0, 0.1) is 12.8 Å². The number of thiazole rings is 1. The minimum Gasteiger partial charge on any atom is -0.507 e. The number of aromatic amines is 1. The number of aryl methyl sites for hydroxylation is 1. The van der Waals surface area contributed by atoms with Crippen LogP contribution in [0.1, 0.15) is 68.8 Å². The van der Waals surface area contributed by atoms with Gasteiger partial charge in [0.05, 0.1) is 33.9 Å². The number of para-hydroxylation sites is 1. The number of anilines is 1. The monoisotopic (exact) mass is 817 g/mol. The maximum atomic E-state index is 14.5. The third-order valence-corrected chi connectivity index (χ3v) is 13.3. The van der Waals surface area contributed by atoms with E-state index in [0.29, 0.717) is 35.3 Å². The summed E-state index contributed by atoms with van der Waals surface area (Å²) in [4.78, 5) is 43.1. The van der Waals surface area contributed by atoms with Gasteiger partial charge in [-0.1, -0.05) is 55.4 Å². The van der Waals surface area contributed by atoms with Gasteiger partial charge in [-0.3, -0.25) is 9.59 Å². The molecule has 15 heteroatoms. The lowest BCUT2D eigenvalue weighted by atomic mass is 9.75. The molecule has 4 aromatic heterocycles. The number of carbonyl (C=O) groups excluding carboxylic acids is 2. The number of hydrogen-bond donors (Lipinski definition) is 4. The first-order chi connectivity index (χ1) is 28.3. The third kappa shape index (κ3) is 7.81. The molecule has 0 saturated carbocycles. The van der Waals surface area contributed by atoms with Crippen molar-refractivity contribution in [2.75, 3.05) is 44.7 Å². The molecule has 59 heavy (non-hydrogen) atoms. The average Bonchev–Trinajstić information content (AvgIpc) is 4.03. The van der Waals surface area contributed by atoms with Gasteiger partial charge in [0.2, 0.25) is 11.8 Å². The molecule has 4 atom stereocenters. The maximum Gasteiger partial charge on any atom is 0.243 e. The van der Waals surface area contributed by atoms with E-state index in [9.17, 15) is 19.8 Å². The molecule has 6 heterocycles. The molecular formula is C44H51N9O5S. The van der Waals surface area contributed by atoms with Gasteiger partial charge in [-0.25, -0.2) is 4.98 Å². The van der Waals surface area contributed by atoms with Crippen LogP contribution in [0.4, 0.5) is 5.82 Å². The smallest absolute Gasteiger partial charge is 0.243 e. The number of carbonyl (C=O) groups is 2. The van der Waals surface area contributed by atoms with E-state index in [4.69, 9.17) is 4.52 Å². The van der Waals surface area contributed by atoms with Crippen molar-refractivity contribution in [3.05, 3.63) is 95.0 Å². The number of phenols is 1. The number of aromatic nitrogens is 5. The quantitative estimate of drug-likeness (QED) is 0.107. The zero-order valence-electron chi connectivity index (χ0n) is 34.2. The van der Waals surface area contributed by atoms with Crippen molar-refractivity contribution in [3.63, 3.8) is 0 Å². The second-order valence-corrected chi connectivity index (χ2v) is 17.4. The van der Waals surface area contributed by atoms with Crippen LogP contribution in [0.15, 0.2) is 76.8 Å². The lowest BCUT2D eigenvalue weighted by Gasteiger charge is -2.39. The Kier molecular flexibility index (Phi) is 11.0. The highest BCUT2D eigenvalue weighted by Crippen LogP contribution is 2.39. The molecule has 2 amide bonds. The highest BCUT2D eigenvalue weighted by atomic mass is 32.1. The van der Waals surface area contributed by atoms with Crippen LogP contribution in [0.3, 0.4) is 0 Å². The van der Waals surface area contributed by atoms with Gasteiger partial charge in [0.1, 0.15) is 17.2 Å². The summed E-state index contributed by atoms with van der Waals surface area (Å²) in [6.45, 7) is 13.0. The number of fused-ring (bicyclic) bond motifs is 1. The van der Waals surface area contributed by atoms with Crippen LogP contribution in [0.2, 0.25) is 0 Å². The highest BCUT2D eigenvalue weighted by molar-refractivity contribution is 7.13. The van der Waals surface area contributed by atoms with Gasteiger partial charge >= 0.3 is 0 Å². The van der Waals surface area contributed by atoms with Crippen LogP contribution in [0.5, 0.6) is 5.75 Å². The largest absolute Gasteiger partial charge is 0.507 e. The summed E-state index contributed by atoms with van der Waals surface area (Å²) in [5.41, 5.74) is 6.79. The number of likely N-dealkylation sites (N-methyl/N-ethyl adjacent to an activating group) is 1. The zero-order valence-corrected chi connectivity index (χ0v) is 35.0. The number of β-amino-alcohol motifs (C(OH)–C–C–N with tert-alkyl or cyclic N) is 1. The Morgan fingerprint density at radius 3 is 2.54 bits per heavy atom.